The fourth-order valence-electron chi connectivity index (χ4n) is 4.20. The Hall–Kier alpha value is -1.82. The van der Waals surface area contributed by atoms with Gasteiger partial charge in [0.15, 0.2) is 0 Å². The molecule has 28 heavy (non-hydrogen) atoms. The Morgan fingerprint density at radius 1 is 1.04 bits per heavy atom. The van der Waals surface area contributed by atoms with Crippen molar-refractivity contribution < 1.29 is 9.53 Å². The normalized spacial score (nSPS) is 21.8. The summed E-state index contributed by atoms with van der Waals surface area (Å²) in [4.78, 5) is 12.6. The van der Waals surface area contributed by atoms with E-state index in [2.05, 4.69) is 32.0 Å². The molecule has 0 saturated heterocycles. The van der Waals surface area contributed by atoms with Gasteiger partial charge in [-0.1, -0.05) is 64.5 Å². The number of nitriles is 1. The topological polar surface area (TPSA) is 50.1 Å². The molecule has 0 N–H and O–H groups in total. The maximum Gasteiger partial charge on any atom is 0.314 e. The van der Waals surface area contributed by atoms with Gasteiger partial charge in [0.05, 0.1) is 17.4 Å². The van der Waals surface area contributed by atoms with Crippen molar-refractivity contribution in [2.24, 2.45) is 11.3 Å². The van der Waals surface area contributed by atoms with Crippen LogP contribution in [0.25, 0.3) is 0 Å². The van der Waals surface area contributed by atoms with Crippen LogP contribution in [0, 0.1) is 22.7 Å². The van der Waals surface area contributed by atoms with E-state index in [9.17, 15) is 10.1 Å². The maximum atomic E-state index is 12.6. The van der Waals surface area contributed by atoms with Crippen LogP contribution in [0.4, 0.5) is 0 Å². The van der Waals surface area contributed by atoms with Crippen LogP contribution in [0.15, 0.2) is 24.3 Å². The molecule has 0 heterocycles. The first-order valence-corrected chi connectivity index (χ1v) is 11.3. The summed E-state index contributed by atoms with van der Waals surface area (Å²) in [5.74, 6) is 0.440. The van der Waals surface area contributed by atoms with E-state index in [1.165, 1.54) is 44.1 Å². The largest absolute Gasteiger partial charge is 0.426 e. The van der Waals surface area contributed by atoms with Crippen LogP contribution in [-0.4, -0.2) is 5.97 Å². The number of hydrogen-bond acceptors (Lipinski definition) is 3. The predicted octanol–water partition coefficient (Wildman–Crippen LogP) is 7.00. The summed E-state index contributed by atoms with van der Waals surface area (Å²) in [5.41, 5.74) is 1.07. The number of rotatable bonds is 11. The summed E-state index contributed by atoms with van der Waals surface area (Å²) < 4.78 is 5.62. The van der Waals surface area contributed by atoms with E-state index >= 15 is 0 Å². The molecular weight excluding hydrogens is 346 g/mol. The monoisotopic (exact) mass is 383 g/mol. The van der Waals surface area contributed by atoms with E-state index in [0.29, 0.717) is 5.75 Å². The van der Waals surface area contributed by atoms with Gasteiger partial charge >= 0.3 is 5.97 Å². The Labute approximate surface area is 171 Å². The number of unbranched alkanes of at least 4 members (excludes halogenated alkanes) is 5. The van der Waals surface area contributed by atoms with Crippen LogP contribution < -0.4 is 4.74 Å². The molecule has 3 nitrogen and oxygen atoms in total. The lowest BCUT2D eigenvalue weighted by molar-refractivity contribution is -0.140. The molecule has 0 aliphatic heterocycles. The van der Waals surface area contributed by atoms with Gasteiger partial charge in [-0.05, 0) is 62.6 Å². The molecule has 1 fully saturated rings. The van der Waals surface area contributed by atoms with Crippen LogP contribution in [0.1, 0.15) is 96.5 Å². The fraction of sp³-hybridized carbons (Fsp3) is 0.680. The van der Waals surface area contributed by atoms with Crippen molar-refractivity contribution >= 4 is 5.97 Å². The van der Waals surface area contributed by atoms with Gasteiger partial charge < -0.3 is 4.74 Å². The molecule has 1 aliphatic carbocycles. The van der Waals surface area contributed by atoms with Crippen molar-refractivity contribution in [3.8, 4) is 11.8 Å². The van der Waals surface area contributed by atoms with Crippen LogP contribution in [0.3, 0.4) is 0 Å². The maximum absolute atomic E-state index is 12.6. The summed E-state index contributed by atoms with van der Waals surface area (Å²) in [6.45, 7) is 4.41. The molecular formula is C25H37NO2. The minimum Gasteiger partial charge on any atom is -0.426 e. The Balaban J connectivity index is 1.78. The quantitative estimate of drug-likeness (QED) is 0.235. The molecule has 0 atom stereocenters. The zero-order valence-electron chi connectivity index (χ0n) is 17.8. The van der Waals surface area contributed by atoms with Crippen molar-refractivity contribution in [1.29, 1.82) is 5.26 Å². The lowest BCUT2D eigenvalue weighted by atomic mass is 9.69. The number of hydrogen-bond donors (Lipinski definition) is 0. The molecule has 0 spiro atoms. The van der Waals surface area contributed by atoms with Gasteiger partial charge in [0.1, 0.15) is 5.75 Å². The SMILES string of the molecule is CCCCCCCC1(C#N)CCC(C(=O)Oc2ccc(CCCC)cc2)CC1. The van der Waals surface area contributed by atoms with Gasteiger partial charge in [-0.15, -0.1) is 0 Å². The third-order valence-corrected chi connectivity index (χ3v) is 6.23. The summed E-state index contributed by atoms with van der Waals surface area (Å²) in [5, 5.41) is 9.73. The number of nitrogens with zero attached hydrogens (tertiary/aromatic N) is 1. The van der Waals surface area contributed by atoms with Crippen molar-refractivity contribution in [2.75, 3.05) is 0 Å². The van der Waals surface area contributed by atoms with Crippen molar-refractivity contribution in [2.45, 2.75) is 97.3 Å². The number of ether oxygens (including phenoxy) is 1. The molecule has 0 amide bonds. The van der Waals surface area contributed by atoms with Crippen molar-refractivity contribution in [3.63, 3.8) is 0 Å². The van der Waals surface area contributed by atoms with E-state index in [0.717, 1.165) is 44.9 Å². The number of esters is 1. The first-order valence-electron chi connectivity index (χ1n) is 11.3. The van der Waals surface area contributed by atoms with Gasteiger partial charge in [0.2, 0.25) is 0 Å². The van der Waals surface area contributed by atoms with E-state index < -0.39 is 0 Å². The number of carbonyl (C=O) groups is 1. The second-order valence-electron chi connectivity index (χ2n) is 8.50. The van der Waals surface area contributed by atoms with E-state index in [1.54, 1.807) is 0 Å². The smallest absolute Gasteiger partial charge is 0.314 e. The Bertz CT molecular complexity index is 621. The third-order valence-electron chi connectivity index (χ3n) is 6.23. The van der Waals surface area contributed by atoms with Crippen LogP contribution in [-0.2, 0) is 11.2 Å². The minimum atomic E-state index is -0.218. The molecule has 0 radical (unpaired) electrons. The second kappa shape index (κ2) is 11.9. The first kappa shape index (κ1) is 22.5. The van der Waals surface area contributed by atoms with Crippen molar-refractivity contribution in [3.05, 3.63) is 29.8 Å². The number of aryl methyl sites for hydroxylation is 1. The molecule has 0 unspecified atom stereocenters. The van der Waals surface area contributed by atoms with E-state index in [1.807, 2.05) is 12.1 Å². The highest BCUT2D eigenvalue weighted by Crippen LogP contribution is 2.42. The Morgan fingerprint density at radius 2 is 1.68 bits per heavy atom. The molecule has 1 aromatic rings. The molecule has 0 bridgehead atoms. The first-order chi connectivity index (χ1) is 13.6. The van der Waals surface area contributed by atoms with Crippen LogP contribution in [0.5, 0.6) is 5.75 Å². The van der Waals surface area contributed by atoms with Gasteiger partial charge in [-0.25, -0.2) is 0 Å². The molecule has 154 valence electrons. The predicted molar refractivity (Wildman–Crippen MR) is 114 cm³/mol. The Kier molecular flexibility index (Phi) is 9.55. The summed E-state index contributed by atoms with van der Waals surface area (Å²) in [6.07, 6.45) is 13.8. The zero-order chi connectivity index (χ0) is 20.2. The standard InChI is InChI=1S/C25H37NO2/c1-3-5-7-8-9-17-25(20-26)18-15-22(16-19-25)24(27)28-23-13-11-21(12-14-23)10-6-4-2/h11-14,22H,3-10,15-19H2,1-2H3. The van der Waals surface area contributed by atoms with Crippen LogP contribution >= 0.6 is 0 Å². The molecule has 2 rings (SSSR count). The van der Waals surface area contributed by atoms with Gasteiger partial charge in [-0.3, -0.25) is 4.79 Å². The molecule has 0 aromatic heterocycles. The fourth-order valence-corrected chi connectivity index (χ4v) is 4.20. The molecule has 1 aliphatic rings. The highest BCUT2D eigenvalue weighted by Gasteiger charge is 2.37. The zero-order valence-corrected chi connectivity index (χ0v) is 17.8. The Morgan fingerprint density at radius 3 is 2.29 bits per heavy atom. The molecule has 3 heteroatoms. The minimum absolute atomic E-state index is 0.0682. The second-order valence-corrected chi connectivity index (χ2v) is 8.50. The lowest BCUT2D eigenvalue weighted by Gasteiger charge is -2.34. The average Bonchev–Trinajstić information content (AvgIpc) is 2.73. The summed E-state index contributed by atoms with van der Waals surface area (Å²) in [6, 6.07) is 10.5. The molecule has 1 aromatic carbocycles. The van der Waals surface area contributed by atoms with Gasteiger partial charge in [-0.2, -0.15) is 5.26 Å². The number of carbonyl (C=O) groups excluding carboxylic acids is 1. The van der Waals surface area contributed by atoms with Crippen LogP contribution in [0.2, 0.25) is 0 Å². The van der Waals surface area contributed by atoms with E-state index in [-0.39, 0.29) is 17.3 Å². The lowest BCUT2D eigenvalue weighted by Crippen LogP contribution is -2.31. The van der Waals surface area contributed by atoms with Gasteiger partial charge in [0, 0.05) is 0 Å². The van der Waals surface area contributed by atoms with Gasteiger partial charge in [0.25, 0.3) is 0 Å². The number of benzene rings is 1. The highest BCUT2D eigenvalue weighted by molar-refractivity contribution is 5.75. The van der Waals surface area contributed by atoms with E-state index in [4.69, 9.17) is 4.74 Å². The summed E-state index contributed by atoms with van der Waals surface area (Å²) >= 11 is 0. The van der Waals surface area contributed by atoms with Crippen molar-refractivity contribution in [1.82, 2.24) is 0 Å². The molecule has 1 saturated carbocycles. The third kappa shape index (κ3) is 6.97. The summed E-state index contributed by atoms with van der Waals surface area (Å²) in [7, 11) is 0. The highest BCUT2D eigenvalue weighted by atomic mass is 16.5. The average molecular weight is 384 g/mol.